The van der Waals surface area contributed by atoms with Crippen LogP contribution in [0.3, 0.4) is 0 Å². The van der Waals surface area contributed by atoms with Gasteiger partial charge in [0.1, 0.15) is 0 Å². The second-order valence-electron chi connectivity index (χ2n) is 4.37. The number of anilines is 1. The maximum Gasteiger partial charge on any atom is 0.0379 e. The van der Waals surface area contributed by atoms with Crippen LogP contribution in [0.2, 0.25) is 0 Å². The van der Waals surface area contributed by atoms with Gasteiger partial charge in [0.2, 0.25) is 0 Å². The van der Waals surface area contributed by atoms with Crippen molar-refractivity contribution in [2.45, 2.75) is 37.6 Å². The van der Waals surface area contributed by atoms with Gasteiger partial charge in [-0.2, -0.15) is 0 Å². The lowest BCUT2D eigenvalue weighted by atomic mass is 9.83. The van der Waals surface area contributed by atoms with E-state index < -0.39 is 0 Å². The summed E-state index contributed by atoms with van der Waals surface area (Å²) in [5.74, 6) is 0.774. The zero-order chi connectivity index (χ0) is 9.54. The predicted molar refractivity (Wildman–Crippen MR) is 62.8 cm³/mol. The van der Waals surface area contributed by atoms with Gasteiger partial charge in [-0.25, -0.2) is 0 Å². The van der Waals surface area contributed by atoms with Crippen LogP contribution in [0.15, 0.2) is 22.7 Å². The minimum absolute atomic E-state index is 0.716. The van der Waals surface area contributed by atoms with Gasteiger partial charge in [-0.1, -0.05) is 28.8 Å². The second-order valence-corrected chi connectivity index (χ2v) is 5.29. The molecule has 1 saturated carbocycles. The van der Waals surface area contributed by atoms with Gasteiger partial charge in [-0.3, -0.25) is 0 Å². The fraction of sp³-hybridized carbons (Fsp3) is 0.500. The Bertz CT molecular complexity index is 361. The Morgan fingerprint density at radius 3 is 3.00 bits per heavy atom. The lowest BCUT2D eigenvalue weighted by Crippen LogP contribution is -2.23. The van der Waals surface area contributed by atoms with Crippen LogP contribution in [0.5, 0.6) is 0 Å². The average molecular weight is 252 g/mol. The maximum atomic E-state index is 3.64. The average Bonchev–Trinajstić information content (AvgIpc) is 2.56. The van der Waals surface area contributed by atoms with Crippen LogP contribution in [0.1, 0.15) is 37.2 Å². The number of benzene rings is 1. The lowest BCUT2D eigenvalue weighted by molar-refractivity contribution is 0.422. The summed E-state index contributed by atoms with van der Waals surface area (Å²) in [4.78, 5) is 0. The van der Waals surface area contributed by atoms with Gasteiger partial charge in [0.05, 0.1) is 0 Å². The summed E-state index contributed by atoms with van der Waals surface area (Å²) in [6, 6.07) is 7.34. The summed E-state index contributed by atoms with van der Waals surface area (Å²) in [5.41, 5.74) is 2.90. The lowest BCUT2D eigenvalue weighted by Gasteiger charge is -2.25. The monoisotopic (exact) mass is 251 g/mol. The molecular weight excluding hydrogens is 238 g/mol. The van der Waals surface area contributed by atoms with Crippen molar-refractivity contribution in [3.63, 3.8) is 0 Å². The highest BCUT2D eigenvalue weighted by Gasteiger charge is 2.33. The Kier molecular flexibility index (Phi) is 2.05. The molecule has 2 aliphatic rings. The van der Waals surface area contributed by atoms with Gasteiger partial charge in [0.15, 0.2) is 0 Å². The van der Waals surface area contributed by atoms with E-state index in [0.717, 1.165) is 5.92 Å². The number of nitrogens with one attached hydrogen (secondary N) is 1. The highest BCUT2D eigenvalue weighted by atomic mass is 79.9. The van der Waals surface area contributed by atoms with Gasteiger partial charge in [0.25, 0.3) is 0 Å². The molecule has 1 aromatic rings. The van der Waals surface area contributed by atoms with E-state index in [1.54, 1.807) is 0 Å². The number of hydrogen-bond donors (Lipinski definition) is 1. The smallest absolute Gasteiger partial charge is 0.0379 e. The summed E-state index contributed by atoms with van der Waals surface area (Å²) in [5, 5.41) is 3.64. The Labute approximate surface area is 93.0 Å². The molecule has 0 radical (unpaired) electrons. The largest absolute Gasteiger partial charge is 0.381 e. The van der Waals surface area contributed by atoms with Gasteiger partial charge in [0, 0.05) is 22.1 Å². The van der Waals surface area contributed by atoms with Crippen molar-refractivity contribution in [1.29, 1.82) is 0 Å². The van der Waals surface area contributed by atoms with Crippen molar-refractivity contribution < 1.29 is 0 Å². The van der Waals surface area contributed by atoms with Crippen LogP contribution in [0.25, 0.3) is 0 Å². The minimum atomic E-state index is 0.716. The molecule has 74 valence electrons. The molecule has 1 nitrogen and oxygen atoms in total. The Balaban J connectivity index is 2.02. The van der Waals surface area contributed by atoms with E-state index in [2.05, 4.69) is 39.4 Å². The predicted octanol–water partition coefficient (Wildman–Crippen LogP) is 3.90. The van der Waals surface area contributed by atoms with E-state index in [1.807, 2.05) is 0 Å². The summed E-state index contributed by atoms with van der Waals surface area (Å²) < 4.78 is 1.21. The zero-order valence-corrected chi connectivity index (χ0v) is 9.68. The summed E-state index contributed by atoms with van der Waals surface area (Å²) in [7, 11) is 0. The van der Waals surface area contributed by atoms with E-state index in [4.69, 9.17) is 0 Å². The molecule has 1 heterocycles. The molecule has 2 heteroatoms. The molecule has 1 fully saturated rings. The van der Waals surface area contributed by atoms with Crippen molar-refractivity contribution in [1.82, 2.24) is 0 Å². The topological polar surface area (TPSA) is 12.0 Å². The van der Waals surface area contributed by atoms with Crippen molar-refractivity contribution in [2.75, 3.05) is 5.32 Å². The number of hydrogen-bond acceptors (Lipinski definition) is 1. The molecule has 0 bridgehead atoms. The van der Waals surface area contributed by atoms with Gasteiger partial charge >= 0.3 is 0 Å². The first-order valence-corrected chi connectivity index (χ1v) is 6.20. The van der Waals surface area contributed by atoms with Crippen LogP contribution in [-0.4, -0.2) is 6.04 Å². The fourth-order valence-electron chi connectivity index (χ4n) is 2.85. The highest BCUT2D eigenvalue weighted by Crippen LogP contribution is 2.44. The molecule has 0 amide bonds. The summed E-state index contributed by atoms with van der Waals surface area (Å²) in [6.45, 7) is 0. The Morgan fingerprint density at radius 1 is 1.21 bits per heavy atom. The maximum absolute atomic E-state index is 3.64. The summed E-state index contributed by atoms with van der Waals surface area (Å²) >= 11 is 3.55. The van der Waals surface area contributed by atoms with Crippen molar-refractivity contribution in [3.05, 3.63) is 28.2 Å². The van der Waals surface area contributed by atoms with E-state index >= 15 is 0 Å². The van der Waals surface area contributed by atoms with Crippen LogP contribution in [0.4, 0.5) is 5.69 Å². The number of rotatable bonds is 0. The highest BCUT2D eigenvalue weighted by molar-refractivity contribution is 9.10. The standard InChI is InChI=1S/C12H14BrN/c13-8-5-6-12-10(7-8)9-3-1-2-4-11(9)14-12/h5-7,9,11,14H,1-4H2/t9-,11+/m1/s1. The third-order valence-corrected chi connectivity index (χ3v) is 4.01. The molecule has 3 rings (SSSR count). The van der Waals surface area contributed by atoms with E-state index in [0.29, 0.717) is 6.04 Å². The first-order valence-electron chi connectivity index (χ1n) is 5.40. The first kappa shape index (κ1) is 8.78. The molecule has 0 spiro atoms. The van der Waals surface area contributed by atoms with Crippen molar-refractivity contribution in [2.24, 2.45) is 0 Å². The molecule has 14 heavy (non-hydrogen) atoms. The van der Waals surface area contributed by atoms with E-state index in [9.17, 15) is 0 Å². The third kappa shape index (κ3) is 1.28. The molecule has 2 atom stereocenters. The third-order valence-electron chi connectivity index (χ3n) is 3.52. The minimum Gasteiger partial charge on any atom is -0.381 e. The van der Waals surface area contributed by atoms with Crippen LogP contribution >= 0.6 is 15.9 Å². The molecule has 1 aliphatic carbocycles. The van der Waals surface area contributed by atoms with Gasteiger partial charge in [-0.05, 0) is 36.6 Å². The molecule has 0 aromatic heterocycles. The van der Waals surface area contributed by atoms with E-state index in [1.165, 1.54) is 41.4 Å². The van der Waals surface area contributed by atoms with Crippen LogP contribution < -0.4 is 5.32 Å². The normalized spacial score (nSPS) is 29.2. The first-order chi connectivity index (χ1) is 6.84. The number of halogens is 1. The summed E-state index contributed by atoms with van der Waals surface area (Å²) in [6.07, 6.45) is 5.50. The number of fused-ring (bicyclic) bond motifs is 3. The van der Waals surface area contributed by atoms with Crippen LogP contribution in [0, 0.1) is 0 Å². The van der Waals surface area contributed by atoms with Gasteiger partial charge < -0.3 is 5.32 Å². The quantitative estimate of drug-likeness (QED) is 0.738. The zero-order valence-electron chi connectivity index (χ0n) is 8.09. The molecule has 0 saturated heterocycles. The second kappa shape index (κ2) is 3.27. The fourth-order valence-corrected chi connectivity index (χ4v) is 3.23. The Morgan fingerprint density at radius 2 is 2.07 bits per heavy atom. The van der Waals surface area contributed by atoms with E-state index in [-0.39, 0.29) is 0 Å². The van der Waals surface area contributed by atoms with Crippen molar-refractivity contribution >= 4 is 21.6 Å². The van der Waals surface area contributed by atoms with Crippen LogP contribution in [-0.2, 0) is 0 Å². The molecule has 1 aromatic carbocycles. The molecule has 1 aliphatic heterocycles. The van der Waals surface area contributed by atoms with Gasteiger partial charge in [-0.15, -0.1) is 0 Å². The Hall–Kier alpha value is -0.500. The molecule has 1 N–H and O–H groups in total. The molecule has 0 unspecified atom stereocenters. The molecular formula is C12H14BrN. The SMILES string of the molecule is Brc1ccc2c(c1)[C@H]1CCCC[C@@H]1N2. The van der Waals surface area contributed by atoms with Crippen molar-refractivity contribution in [3.8, 4) is 0 Å².